The van der Waals surface area contributed by atoms with Crippen LogP contribution in [0.2, 0.25) is 0 Å². The Morgan fingerprint density at radius 3 is 3.15 bits per heavy atom. The molecule has 1 aromatic carbocycles. The fourth-order valence-electron chi connectivity index (χ4n) is 1.91. The molecule has 2 N–H and O–H groups in total. The first-order chi connectivity index (χ1) is 9.74. The summed E-state index contributed by atoms with van der Waals surface area (Å²) in [5, 5.41) is 16.6. The lowest BCUT2D eigenvalue weighted by atomic mass is 10.2. The van der Waals surface area contributed by atoms with Gasteiger partial charge in [0.25, 0.3) is 5.91 Å². The highest BCUT2D eigenvalue weighted by Gasteiger charge is 2.15. The lowest BCUT2D eigenvalue weighted by Crippen LogP contribution is -2.25. The molecule has 1 amide bonds. The van der Waals surface area contributed by atoms with Crippen LogP contribution in [0.3, 0.4) is 0 Å². The minimum Gasteiger partial charge on any atom is -0.482 e. The van der Waals surface area contributed by atoms with E-state index in [-0.39, 0.29) is 12.5 Å². The van der Waals surface area contributed by atoms with Crippen molar-refractivity contribution in [3.63, 3.8) is 0 Å². The number of nitrogens with one attached hydrogen (secondary N) is 2. The first-order valence-corrected chi connectivity index (χ1v) is 6.90. The topological polar surface area (TPSA) is 74.1 Å². The van der Waals surface area contributed by atoms with Gasteiger partial charge in [0.1, 0.15) is 11.8 Å². The molecule has 3 rings (SSSR count). The summed E-state index contributed by atoms with van der Waals surface area (Å²) in [6.45, 7) is 0.699. The highest BCUT2D eigenvalue weighted by Crippen LogP contribution is 2.30. The van der Waals surface area contributed by atoms with Crippen LogP contribution in [0.15, 0.2) is 29.6 Å². The Bertz CT molecular complexity index is 703. The third-order valence-corrected chi connectivity index (χ3v) is 3.80. The number of anilines is 2. The van der Waals surface area contributed by atoms with Crippen LogP contribution < -0.4 is 15.4 Å². The summed E-state index contributed by atoms with van der Waals surface area (Å²) in [5.74, 6) is 0.527. The first-order valence-electron chi connectivity index (χ1n) is 6.03. The maximum Gasteiger partial charge on any atom is 0.262 e. The van der Waals surface area contributed by atoms with Crippen molar-refractivity contribution in [1.29, 1.82) is 5.26 Å². The zero-order valence-corrected chi connectivity index (χ0v) is 11.3. The van der Waals surface area contributed by atoms with Gasteiger partial charge in [0.15, 0.2) is 6.61 Å². The lowest BCUT2D eigenvalue weighted by molar-refractivity contribution is -0.118. The number of nitriles is 1. The zero-order valence-electron chi connectivity index (χ0n) is 10.5. The molecule has 0 aliphatic carbocycles. The van der Waals surface area contributed by atoms with Gasteiger partial charge in [-0.25, -0.2) is 0 Å². The number of carbonyl (C=O) groups excluding carboxylic acids is 1. The predicted octanol–water partition coefficient (Wildman–Crippen LogP) is 2.56. The second-order valence-electron chi connectivity index (χ2n) is 4.31. The van der Waals surface area contributed by atoms with E-state index in [1.807, 2.05) is 29.6 Å². The predicted molar refractivity (Wildman–Crippen MR) is 76.9 cm³/mol. The molecule has 0 fully saturated rings. The van der Waals surface area contributed by atoms with E-state index in [9.17, 15) is 4.79 Å². The summed E-state index contributed by atoms with van der Waals surface area (Å²) >= 11 is 1.55. The largest absolute Gasteiger partial charge is 0.482 e. The van der Waals surface area contributed by atoms with E-state index in [1.165, 1.54) is 0 Å². The second kappa shape index (κ2) is 5.23. The number of amides is 1. The fraction of sp³-hybridized carbons (Fsp3) is 0.143. The standard InChI is InChI=1S/C14H11N3O2S/c15-5-9-3-11(20-8-9)6-16-10-1-2-12-13(4-10)19-7-14(18)17-12/h1-4,8,16H,6-7H2,(H,17,18). The molecule has 5 nitrogen and oxygen atoms in total. The molecule has 0 unspecified atom stereocenters. The first kappa shape index (κ1) is 12.5. The third-order valence-electron chi connectivity index (χ3n) is 2.86. The number of ether oxygens (including phenoxy) is 1. The highest BCUT2D eigenvalue weighted by atomic mass is 32.1. The van der Waals surface area contributed by atoms with E-state index < -0.39 is 0 Å². The average molecular weight is 285 g/mol. The monoisotopic (exact) mass is 285 g/mol. The molecule has 0 saturated carbocycles. The van der Waals surface area contributed by atoms with Crippen molar-refractivity contribution in [2.45, 2.75) is 6.54 Å². The van der Waals surface area contributed by atoms with Gasteiger partial charge >= 0.3 is 0 Å². The molecular formula is C14H11N3O2S. The van der Waals surface area contributed by atoms with Crippen LogP contribution in [-0.2, 0) is 11.3 Å². The molecule has 0 bridgehead atoms. The molecule has 2 aromatic rings. The Morgan fingerprint density at radius 1 is 1.45 bits per heavy atom. The van der Waals surface area contributed by atoms with Gasteiger partial charge in [-0.15, -0.1) is 11.3 Å². The molecule has 0 saturated heterocycles. The Kier molecular flexibility index (Phi) is 3.27. The van der Waals surface area contributed by atoms with Gasteiger partial charge in [0.05, 0.1) is 11.3 Å². The van der Waals surface area contributed by atoms with Crippen LogP contribution in [0, 0.1) is 11.3 Å². The van der Waals surface area contributed by atoms with Gasteiger partial charge < -0.3 is 15.4 Å². The Morgan fingerprint density at radius 2 is 2.35 bits per heavy atom. The summed E-state index contributed by atoms with van der Waals surface area (Å²) < 4.78 is 5.36. The number of nitrogens with zero attached hydrogens (tertiary/aromatic N) is 1. The molecule has 1 aliphatic heterocycles. The minimum absolute atomic E-state index is 0.0485. The molecular weight excluding hydrogens is 274 g/mol. The molecule has 100 valence electrons. The van der Waals surface area contributed by atoms with Crippen LogP contribution in [0.5, 0.6) is 5.75 Å². The van der Waals surface area contributed by atoms with E-state index in [0.717, 1.165) is 10.6 Å². The van der Waals surface area contributed by atoms with E-state index >= 15 is 0 Å². The summed E-state index contributed by atoms with van der Waals surface area (Å²) in [6, 6.07) is 9.53. The van der Waals surface area contributed by atoms with Gasteiger partial charge in [-0.05, 0) is 18.2 Å². The molecule has 20 heavy (non-hydrogen) atoms. The average Bonchev–Trinajstić information content (AvgIpc) is 2.93. The Balaban J connectivity index is 1.69. The van der Waals surface area contributed by atoms with Gasteiger partial charge in [0, 0.05) is 28.6 Å². The maximum atomic E-state index is 11.2. The van der Waals surface area contributed by atoms with E-state index in [1.54, 1.807) is 11.3 Å². The van der Waals surface area contributed by atoms with E-state index in [0.29, 0.717) is 23.5 Å². The normalized spacial score (nSPS) is 12.8. The quantitative estimate of drug-likeness (QED) is 0.909. The van der Waals surface area contributed by atoms with E-state index in [2.05, 4.69) is 16.7 Å². The Labute approximate surface area is 119 Å². The van der Waals surface area contributed by atoms with Crippen molar-refractivity contribution in [3.05, 3.63) is 40.1 Å². The molecule has 0 atom stereocenters. The van der Waals surface area contributed by atoms with Crippen LogP contribution in [0.4, 0.5) is 11.4 Å². The SMILES string of the molecule is N#Cc1csc(CNc2ccc3c(c2)OCC(=O)N3)c1. The van der Waals surface area contributed by atoms with Crippen LogP contribution in [-0.4, -0.2) is 12.5 Å². The third kappa shape index (κ3) is 2.58. The molecule has 0 radical (unpaired) electrons. The smallest absolute Gasteiger partial charge is 0.262 e. The maximum absolute atomic E-state index is 11.2. The zero-order chi connectivity index (χ0) is 13.9. The van der Waals surface area contributed by atoms with Crippen LogP contribution >= 0.6 is 11.3 Å². The number of benzene rings is 1. The fourth-order valence-corrected chi connectivity index (χ4v) is 2.66. The van der Waals surface area contributed by atoms with Gasteiger partial charge in [-0.2, -0.15) is 5.26 Å². The van der Waals surface area contributed by atoms with Crippen molar-refractivity contribution in [2.24, 2.45) is 0 Å². The Hall–Kier alpha value is -2.52. The summed E-state index contributed by atoms with van der Waals surface area (Å²) in [6.07, 6.45) is 0. The second-order valence-corrected chi connectivity index (χ2v) is 5.31. The summed E-state index contributed by atoms with van der Waals surface area (Å²) in [5.41, 5.74) is 2.28. The molecule has 1 aromatic heterocycles. The highest BCUT2D eigenvalue weighted by molar-refractivity contribution is 7.10. The number of carbonyl (C=O) groups is 1. The number of hydrogen-bond donors (Lipinski definition) is 2. The van der Waals surface area contributed by atoms with Crippen molar-refractivity contribution >= 4 is 28.6 Å². The number of hydrogen-bond acceptors (Lipinski definition) is 5. The molecule has 0 spiro atoms. The van der Waals surface area contributed by atoms with Crippen molar-refractivity contribution in [3.8, 4) is 11.8 Å². The molecule has 6 heteroatoms. The van der Waals surface area contributed by atoms with Gasteiger partial charge in [-0.3, -0.25) is 4.79 Å². The number of rotatable bonds is 3. The van der Waals surface area contributed by atoms with Crippen LogP contribution in [0.25, 0.3) is 0 Å². The van der Waals surface area contributed by atoms with Crippen molar-refractivity contribution in [2.75, 3.05) is 17.2 Å². The molecule has 1 aliphatic rings. The number of thiophene rings is 1. The van der Waals surface area contributed by atoms with Gasteiger partial charge in [0.2, 0.25) is 0 Å². The van der Waals surface area contributed by atoms with Crippen LogP contribution in [0.1, 0.15) is 10.4 Å². The van der Waals surface area contributed by atoms with Gasteiger partial charge in [-0.1, -0.05) is 0 Å². The van der Waals surface area contributed by atoms with Crippen molar-refractivity contribution < 1.29 is 9.53 Å². The lowest BCUT2D eigenvalue weighted by Gasteiger charge is -2.18. The van der Waals surface area contributed by atoms with Crippen molar-refractivity contribution in [1.82, 2.24) is 0 Å². The molecule has 2 heterocycles. The minimum atomic E-state index is -0.138. The van der Waals surface area contributed by atoms with E-state index in [4.69, 9.17) is 10.00 Å². The number of fused-ring (bicyclic) bond motifs is 1. The summed E-state index contributed by atoms with van der Waals surface area (Å²) in [7, 11) is 0. The summed E-state index contributed by atoms with van der Waals surface area (Å²) in [4.78, 5) is 12.3.